The van der Waals surface area contributed by atoms with Crippen LogP contribution in [0, 0.1) is 5.82 Å². The van der Waals surface area contributed by atoms with Gasteiger partial charge in [-0.1, -0.05) is 11.6 Å². The average Bonchev–Trinajstić information content (AvgIpc) is 2.10. The Balaban J connectivity index is 3.22. The third-order valence-corrected chi connectivity index (χ3v) is 2.25. The number of hydrogen-bond donors (Lipinski definition) is 1. The van der Waals surface area contributed by atoms with Gasteiger partial charge in [-0.15, -0.1) is 0 Å². The topological polar surface area (TPSA) is 26.0 Å². The molecule has 0 fully saturated rings. The molecule has 0 aromatic heterocycles. The first-order valence-corrected chi connectivity index (χ1v) is 4.90. The second-order valence-corrected chi connectivity index (χ2v) is 4.02. The summed E-state index contributed by atoms with van der Waals surface area (Å²) in [4.78, 5) is 0. The van der Waals surface area contributed by atoms with Crippen molar-refractivity contribution in [2.24, 2.45) is 5.73 Å². The van der Waals surface area contributed by atoms with Crippen molar-refractivity contribution in [3.8, 4) is 0 Å². The molecule has 90 valence electrons. The maximum absolute atomic E-state index is 13.4. The Labute approximate surface area is 95.2 Å². The van der Waals surface area contributed by atoms with Gasteiger partial charge in [0.1, 0.15) is 5.82 Å². The van der Waals surface area contributed by atoms with E-state index in [1.165, 1.54) is 0 Å². The van der Waals surface area contributed by atoms with E-state index in [4.69, 9.17) is 17.3 Å². The zero-order valence-electron chi connectivity index (χ0n) is 8.41. The number of alkyl halides is 3. The molecule has 0 heterocycles. The largest absolute Gasteiger partial charge is 0.416 e. The molecular formula is C10H10ClF4N. The second-order valence-electron chi connectivity index (χ2n) is 3.61. The van der Waals surface area contributed by atoms with E-state index in [-0.39, 0.29) is 12.0 Å². The summed E-state index contributed by atoms with van der Waals surface area (Å²) in [6, 6.07) is 0.876. The summed E-state index contributed by atoms with van der Waals surface area (Å²) in [6.07, 6.45) is -4.53. The summed E-state index contributed by atoms with van der Waals surface area (Å²) in [7, 11) is 0. The quantitative estimate of drug-likeness (QED) is 0.806. The highest BCUT2D eigenvalue weighted by Gasteiger charge is 2.32. The lowest BCUT2D eigenvalue weighted by Crippen LogP contribution is -2.19. The van der Waals surface area contributed by atoms with Crippen molar-refractivity contribution in [3.05, 3.63) is 34.1 Å². The van der Waals surface area contributed by atoms with Gasteiger partial charge in [0.2, 0.25) is 0 Å². The maximum Gasteiger partial charge on any atom is 0.416 e. The molecule has 0 spiro atoms. The lowest BCUT2D eigenvalue weighted by atomic mass is 10.0. The van der Waals surface area contributed by atoms with Gasteiger partial charge < -0.3 is 5.73 Å². The molecule has 0 aliphatic carbocycles. The zero-order chi connectivity index (χ0) is 12.5. The van der Waals surface area contributed by atoms with E-state index in [2.05, 4.69) is 0 Å². The molecule has 0 amide bonds. The van der Waals surface area contributed by atoms with E-state index >= 15 is 0 Å². The van der Waals surface area contributed by atoms with Gasteiger partial charge in [-0.2, -0.15) is 13.2 Å². The summed E-state index contributed by atoms with van der Waals surface area (Å²) in [6.45, 7) is 1.58. The summed E-state index contributed by atoms with van der Waals surface area (Å²) < 4.78 is 50.6. The van der Waals surface area contributed by atoms with E-state index in [1.807, 2.05) is 0 Å². The molecule has 1 aromatic carbocycles. The predicted molar refractivity (Wildman–Crippen MR) is 53.8 cm³/mol. The SMILES string of the molecule is CC(N)Cc1cc(C(F)(F)F)cc(Cl)c1F. The Morgan fingerprint density at radius 2 is 1.94 bits per heavy atom. The molecule has 0 aliphatic rings. The molecule has 0 radical (unpaired) electrons. The van der Waals surface area contributed by atoms with Gasteiger partial charge in [0.25, 0.3) is 0 Å². The molecule has 1 aromatic rings. The van der Waals surface area contributed by atoms with Crippen LogP contribution in [0.2, 0.25) is 5.02 Å². The van der Waals surface area contributed by atoms with Crippen LogP contribution in [0.25, 0.3) is 0 Å². The summed E-state index contributed by atoms with van der Waals surface area (Å²) in [5.74, 6) is -0.841. The molecule has 0 aliphatic heterocycles. The van der Waals surface area contributed by atoms with Crippen molar-refractivity contribution >= 4 is 11.6 Å². The number of benzene rings is 1. The number of halogens is 5. The molecule has 0 saturated heterocycles. The first-order valence-electron chi connectivity index (χ1n) is 4.52. The monoisotopic (exact) mass is 255 g/mol. The Kier molecular flexibility index (Phi) is 3.80. The summed E-state index contributed by atoms with van der Waals surface area (Å²) >= 11 is 5.39. The minimum atomic E-state index is -4.54. The van der Waals surface area contributed by atoms with Crippen LogP contribution in [0.1, 0.15) is 18.1 Å². The van der Waals surface area contributed by atoms with Crippen molar-refractivity contribution in [3.63, 3.8) is 0 Å². The lowest BCUT2D eigenvalue weighted by molar-refractivity contribution is -0.137. The third-order valence-electron chi connectivity index (χ3n) is 1.97. The van der Waals surface area contributed by atoms with Gasteiger partial charge >= 0.3 is 6.18 Å². The van der Waals surface area contributed by atoms with Crippen molar-refractivity contribution in [1.82, 2.24) is 0 Å². The van der Waals surface area contributed by atoms with Gasteiger partial charge in [0, 0.05) is 6.04 Å². The third kappa shape index (κ3) is 3.09. The van der Waals surface area contributed by atoms with Crippen molar-refractivity contribution < 1.29 is 17.6 Å². The number of hydrogen-bond acceptors (Lipinski definition) is 1. The first kappa shape index (κ1) is 13.3. The fourth-order valence-electron chi connectivity index (χ4n) is 1.31. The van der Waals surface area contributed by atoms with E-state index in [0.29, 0.717) is 6.07 Å². The highest BCUT2D eigenvalue weighted by atomic mass is 35.5. The Hall–Kier alpha value is -0.810. The van der Waals surface area contributed by atoms with Crippen LogP contribution in [0.3, 0.4) is 0 Å². The minimum Gasteiger partial charge on any atom is -0.328 e. The van der Waals surface area contributed by atoms with Gasteiger partial charge in [0.15, 0.2) is 0 Å². The summed E-state index contributed by atoms with van der Waals surface area (Å²) in [5.41, 5.74) is 4.33. The normalized spacial score (nSPS) is 13.9. The maximum atomic E-state index is 13.4. The van der Waals surface area contributed by atoms with Crippen LogP contribution < -0.4 is 5.73 Å². The Bertz CT molecular complexity index is 387. The van der Waals surface area contributed by atoms with Crippen LogP contribution in [0.4, 0.5) is 17.6 Å². The van der Waals surface area contributed by atoms with E-state index in [9.17, 15) is 17.6 Å². The standard InChI is InChI=1S/C10H10ClF4N/c1-5(16)2-6-3-7(10(13,14)15)4-8(11)9(6)12/h3-5H,2,16H2,1H3. The number of nitrogens with two attached hydrogens (primary N) is 1. The van der Waals surface area contributed by atoms with E-state index < -0.39 is 28.6 Å². The molecule has 2 N–H and O–H groups in total. The molecule has 16 heavy (non-hydrogen) atoms. The average molecular weight is 256 g/mol. The van der Waals surface area contributed by atoms with Gasteiger partial charge in [-0.3, -0.25) is 0 Å². The van der Waals surface area contributed by atoms with Crippen LogP contribution in [-0.2, 0) is 12.6 Å². The number of rotatable bonds is 2. The van der Waals surface area contributed by atoms with Crippen LogP contribution >= 0.6 is 11.6 Å². The van der Waals surface area contributed by atoms with E-state index in [0.717, 1.165) is 6.07 Å². The lowest BCUT2D eigenvalue weighted by Gasteiger charge is -2.12. The zero-order valence-corrected chi connectivity index (χ0v) is 9.16. The molecule has 0 bridgehead atoms. The molecule has 1 unspecified atom stereocenters. The highest BCUT2D eigenvalue weighted by molar-refractivity contribution is 6.30. The van der Waals surface area contributed by atoms with Crippen molar-refractivity contribution in [2.45, 2.75) is 25.6 Å². The van der Waals surface area contributed by atoms with Crippen molar-refractivity contribution in [1.29, 1.82) is 0 Å². The van der Waals surface area contributed by atoms with Crippen LogP contribution in [0.15, 0.2) is 12.1 Å². The van der Waals surface area contributed by atoms with Gasteiger partial charge in [0.05, 0.1) is 10.6 Å². The smallest absolute Gasteiger partial charge is 0.328 e. The molecule has 0 saturated carbocycles. The fraction of sp³-hybridized carbons (Fsp3) is 0.400. The fourth-order valence-corrected chi connectivity index (χ4v) is 1.54. The van der Waals surface area contributed by atoms with Gasteiger partial charge in [-0.05, 0) is 31.0 Å². The second kappa shape index (κ2) is 4.59. The molecule has 1 atom stereocenters. The van der Waals surface area contributed by atoms with Crippen molar-refractivity contribution in [2.75, 3.05) is 0 Å². The molecule has 1 nitrogen and oxygen atoms in total. The summed E-state index contributed by atoms with van der Waals surface area (Å²) in [5, 5.41) is -0.537. The van der Waals surface area contributed by atoms with E-state index in [1.54, 1.807) is 6.92 Å². The Morgan fingerprint density at radius 3 is 2.38 bits per heavy atom. The predicted octanol–water partition coefficient (Wildman–Crippen LogP) is 3.39. The molecular weight excluding hydrogens is 246 g/mol. The first-order chi connectivity index (χ1) is 7.21. The minimum absolute atomic E-state index is 0.00940. The van der Waals surface area contributed by atoms with Crippen LogP contribution in [-0.4, -0.2) is 6.04 Å². The molecule has 6 heteroatoms. The van der Waals surface area contributed by atoms with Gasteiger partial charge in [-0.25, -0.2) is 4.39 Å². The highest BCUT2D eigenvalue weighted by Crippen LogP contribution is 2.33. The Morgan fingerprint density at radius 1 is 1.38 bits per heavy atom. The molecule has 1 rings (SSSR count). The van der Waals surface area contributed by atoms with Crippen LogP contribution in [0.5, 0.6) is 0 Å².